The summed E-state index contributed by atoms with van der Waals surface area (Å²) in [4.78, 5) is 11.1. The third-order valence-electron chi connectivity index (χ3n) is 2.33. The number of aliphatic hydroxyl groups is 1. The Bertz CT molecular complexity index is 352. The predicted molar refractivity (Wildman–Crippen MR) is 57.1 cm³/mol. The number of hydrogen-bond acceptors (Lipinski definition) is 3. The van der Waals surface area contributed by atoms with Crippen LogP contribution in [0.15, 0.2) is 30.3 Å². The van der Waals surface area contributed by atoms with Gasteiger partial charge in [0.1, 0.15) is 0 Å². The number of carbonyl (C=O) groups excluding carboxylic acids is 1. The Morgan fingerprint density at radius 1 is 1.33 bits per heavy atom. The Balaban J connectivity index is 2.09. The quantitative estimate of drug-likeness (QED) is 0.613. The van der Waals surface area contributed by atoms with Crippen LogP contribution in [0.1, 0.15) is 6.92 Å². The van der Waals surface area contributed by atoms with Crippen LogP contribution in [0, 0.1) is 0 Å². The van der Waals surface area contributed by atoms with Crippen molar-refractivity contribution in [2.24, 2.45) is 0 Å². The van der Waals surface area contributed by atoms with Crippen LogP contribution in [-0.4, -0.2) is 38.2 Å². The molecule has 1 fully saturated rings. The van der Waals surface area contributed by atoms with Crippen molar-refractivity contribution in [3.63, 3.8) is 0 Å². The predicted octanol–water partition coefficient (Wildman–Crippen LogP) is 0.111. The normalized spacial score (nSPS) is 30.3. The molecule has 2 rings (SSSR count). The van der Waals surface area contributed by atoms with E-state index >= 15 is 0 Å². The number of carbonyl (C=O) groups is 1. The van der Waals surface area contributed by atoms with Crippen molar-refractivity contribution >= 4 is 25.4 Å². The molecule has 0 spiro atoms. The van der Waals surface area contributed by atoms with Crippen LogP contribution in [0.5, 0.6) is 0 Å². The Morgan fingerprint density at radius 2 is 2.00 bits per heavy atom. The molecular weight excluding hydrogens is 259 g/mol. The number of benzene rings is 1. The average molecular weight is 271 g/mol. The van der Waals surface area contributed by atoms with Gasteiger partial charge < -0.3 is 0 Å². The molecule has 80 valence electrons. The van der Waals surface area contributed by atoms with Crippen LogP contribution in [0.25, 0.3) is 0 Å². The number of hydrogen-bond donors (Lipinski definition) is 1. The molecule has 15 heavy (non-hydrogen) atoms. The first-order valence-electron chi connectivity index (χ1n) is 4.79. The number of ether oxygens (including phenoxy) is 1. The molecule has 0 saturated carbocycles. The van der Waals surface area contributed by atoms with E-state index in [1.165, 1.54) is 0 Å². The van der Waals surface area contributed by atoms with Gasteiger partial charge in [0.05, 0.1) is 0 Å². The van der Waals surface area contributed by atoms with E-state index in [9.17, 15) is 9.90 Å². The van der Waals surface area contributed by atoms with E-state index in [2.05, 4.69) is 0 Å². The van der Waals surface area contributed by atoms with Crippen LogP contribution in [0.4, 0.5) is 0 Å². The topological polar surface area (TPSA) is 46.5 Å². The molecule has 3 atom stereocenters. The first-order valence-corrected chi connectivity index (χ1v) is 6.63. The molecule has 1 aliphatic heterocycles. The first-order chi connectivity index (χ1) is 7.18. The standard InChI is InChI=1S/C11H12O3Se/c1-7-9(12)10(11(13)14-7)15-8-5-3-2-4-6-8/h2-7,9-10,12H,1H3/t7-,9-,10?/m1/s1. The summed E-state index contributed by atoms with van der Waals surface area (Å²) in [5.41, 5.74) is 0. The third-order valence-corrected chi connectivity index (χ3v) is 5.00. The van der Waals surface area contributed by atoms with Crippen LogP contribution in [0.3, 0.4) is 0 Å². The summed E-state index contributed by atoms with van der Waals surface area (Å²) in [6, 6.07) is 9.76. The van der Waals surface area contributed by atoms with Gasteiger partial charge in [0.2, 0.25) is 0 Å². The fourth-order valence-corrected chi connectivity index (χ4v) is 3.82. The van der Waals surface area contributed by atoms with Crippen LogP contribution >= 0.6 is 0 Å². The Hall–Kier alpha value is -0.831. The monoisotopic (exact) mass is 272 g/mol. The third kappa shape index (κ3) is 2.23. The van der Waals surface area contributed by atoms with Gasteiger partial charge in [0.15, 0.2) is 0 Å². The molecule has 4 heteroatoms. The molecule has 3 nitrogen and oxygen atoms in total. The van der Waals surface area contributed by atoms with Crippen LogP contribution < -0.4 is 4.46 Å². The summed E-state index contributed by atoms with van der Waals surface area (Å²) in [5.74, 6) is -0.265. The maximum absolute atomic E-state index is 11.4. The summed E-state index contributed by atoms with van der Waals surface area (Å²) in [6.07, 6.45) is -1.02. The molecule has 0 aromatic heterocycles. The number of aliphatic hydroxyl groups excluding tert-OH is 1. The molecule has 1 aromatic carbocycles. The van der Waals surface area contributed by atoms with Gasteiger partial charge in [-0.05, 0) is 0 Å². The molecule has 1 saturated heterocycles. The second-order valence-corrected chi connectivity index (χ2v) is 6.03. The van der Waals surface area contributed by atoms with Crippen molar-refractivity contribution in [1.82, 2.24) is 0 Å². The summed E-state index contributed by atoms with van der Waals surface area (Å²) < 4.78 is 6.10. The Labute approximate surface area is 94.6 Å². The van der Waals surface area contributed by atoms with Crippen molar-refractivity contribution in [2.45, 2.75) is 23.9 Å². The van der Waals surface area contributed by atoms with Gasteiger partial charge in [-0.3, -0.25) is 0 Å². The molecule has 0 bridgehead atoms. The van der Waals surface area contributed by atoms with Crippen molar-refractivity contribution in [1.29, 1.82) is 0 Å². The van der Waals surface area contributed by atoms with E-state index in [1.807, 2.05) is 30.3 Å². The van der Waals surface area contributed by atoms with Gasteiger partial charge in [-0.1, -0.05) is 0 Å². The van der Waals surface area contributed by atoms with Gasteiger partial charge >= 0.3 is 94.3 Å². The van der Waals surface area contributed by atoms with Crippen molar-refractivity contribution in [3.05, 3.63) is 30.3 Å². The van der Waals surface area contributed by atoms with E-state index in [0.717, 1.165) is 4.46 Å². The Morgan fingerprint density at radius 3 is 2.53 bits per heavy atom. The first kappa shape index (κ1) is 10.7. The molecule has 0 aliphatic carbocycles. The minimum absolute atomic E-state index is 0.0531. The van der Waals surface area contributed by atoms with E-state index < -0.39 is 6.10 Å². The summed E-state index contributed by atoms with van der Waals surface area (Å²) in [6.45, 7) is 1.73. The van der Waals surface area contributed by atoms with Gasteiger partial charge in [0.25, 0.3) is 0 Å². The van der Waals surface area contributed by atoms with Gasteiger partial charge in [0, 0.05) is 0 Å². The van der Waals surface area contributed by atoms with E-state index in [4.69, 9.17) is 4.74 Å². The number of rotatable bonds is 2. The zero-order chi connectivity index (χ0) is 10.8. The molecule has 1 unspecified atom stereocenters. The van der Waals surface area contributed by atoms with Gasteiger partial charge in [-0.25, -0.2) is 0 Å². The average Bonchev–Trinajstić information content (AvgIpc) is 2.47. The fourth-order valence-electron chi connectivity index (χ4n) is 1.47. The van der Waals surface area contributed by atoms with Crippen molar-refractivity contribution < 1.29 is 14.6 Å². The van der Waals surface area contributed by atoms with Crippen molar-refractivity contribution in [3.8, 4) is 0 Å². The molecule has 1 aliphatic rings. The van der Waals surface area contributed by atoms with E-state index in [-0.39, 0.29) is 31.8 Å². The zero-order valence-electron chi connectivity index (χ0n) is 8.29. The molecule has 0 amide bonds. The van der Waals surface area contributed by atoms with Crippen LogP contribution in [-0.2, 0) is 9.53 Å². The van der Waals surface area contributed by atoms with Gasteiger partial charge in [-0.15, -0.1) is 0 Å². The summed E-state index contributed by atoms with van der Waals surface area (Å²) >= 11 is -0.0531. The molecule has 0 radical (unpaired) electrons. The van der Waals surface area contributed by atoms with Crippen LogP contribution in [0.2, 0.25) is 4.82 Å². The Kier molecular flexibility index (Phi) is 3.10. The van der Waals surface area contributed by atoms with Gasteiger partial charge in [-0.2, -0.15) is 0 Å². The molecular formula is C11H12O3Se. The number of esters is 1. The molecule has 1 heterocycles. The molecule has 1 N–H and O–H groups in total. The number of cyclic esters (lactones) is 1. The van der Waals surface area contributed by atoms with Crippen molar-refractivity contribution in [2.75, 3.05) is 0 Å². The molecule has 1 aromatic rings. The maximum atomic E-state index is 11.4. The minimum atomic E-state index is -0.655. The second-order valence-electron chi connectivity index (χ2n) is 3.48. The van der Waals surface area contributed by atoms with E-state index in [1.54, 1.807) is 6.92 Å². The second kappa shape index (κ2) is 4.35. The fraction of sp³-hybridized carbons (Fsp3) is 0.364. The summed E-state index contributed by atoms with van der Waals surface area (Å²) in [7, 11) is 0. The zero-order valence-corrected chi connectivity index (χ0v) is 10.0. The SMILES string of the molecule is C[C@H]1OC(=O)C([Se]c2ccccc2)[C@@H]1O. The van der Waals surface area contributed by atoms with E-state index in [0.29, 0.717) is 0 Å². The summed E-state index contributed by atoms with van der Waals surface area (Å²) in [5, 5.41) is 9.76.